The van der Waals surface area contributed by atoms with Gasteiger partial charge in [-0.15, -0.1) is 0 Å². The summed E-state index contributed by atoms with van der Waals surface area (Å²) in [6, 6.07) is 12.2. The van der Waals surface area contributed by atoms with E-state index in [4.69, 9.17) is 0 Å². The number of carbonyl (C=O) groups is 3. The molecule has 0 radical (unpaired) electrons. The fraction of sp³-hybridized carbons (Fsp3) is 0.250. The van der Waals surface area contributed by atoms with E-state index in [1.807, 2.05) is 51.1 Å². The number of anilines is 2. The lowest BCUT2D eigenvalue weighted by atomic mass is 10.0. The van der Waals surface area contributed by atoms with E-state index < -0.39 is 23.8 Å². The Balaban J connectivity index is 1.84. The number of amides is 4. The summed E-state index contributed by atoms with van der Waals surface area (Å²) in [5.74, 6) is -1.93. The molecule has 0 bridgehead atoms. The van der Waals surface area contributed by atoms with E-state index in [2.05, 4.69) is 10.6 Å². The summed E-state index contributed by atoms with van der Waals surface area (Å²) in [6.07, 6.45) is 0. The van der Waals surface area contributed by atoms with Gasteiger partial charge in [-0.25, -0.2) is 9.69 Å². The van der Waals surface area contributed by atoms with Gasteiger partial charge in [-0.1, -0.05) is 35.9 Å². The van der Waals surface area contributed by atoms with E-state index in [0.29, 0.717) is 11.4 Å². The molecule has 2 N–H and O–H groups in total. The average Bonchev–Trinajstić information content (AvgIpc) is 2.60. The highest BCUT2D eigenvalue weighted by molar-refractivity contribution is 6.23. The van der Waals surface area contributed by atoms with Gasteiger partial charge >= 0.3 is 6.03 Å². The molecule has 2 aromatic carbocycles. The van der Waals surface area contributed by atoms with Gasteiger partial charge < -0.3 is 10.6 Å². The molecule has 134 valence electrons. The maximum absolute atomic E-state index is 12.8. The molecule has 1 aliphatic rings. The smallest absolute Gasteiger partial charge is 0.328 e. The van der Waals surface area contributed by atoms with Gasteiger partial charge in [-0.2, -0.15) is 0 Å². The van der Waals surface area contributed by atoms with Crippen LogP contribution >= 0.6 is 0 Å². The Morgan fingerprint density at radius 3 is 2.27 bits per heavy atom. The molecule has 1 unspecified atom stereocenters. The monoisotopic (exact) mass is 351 g/mol. The summed E-state index contributed by atoms with van der Waals surface area (Å²) in [5.41, 5.74) is 4.00. The third-order valence-corrected chi connectivity index (χ3v) is 4.52. The molecule has 3 rings (SSSR count). The van der Waals surface area contributed by atoms with Gasteiger partial charge in [0.25, 0.3) is 0 Å². The number of hydrogen-bond donors (Lipinski definition) is 2. The third kappa shape index (κ3) is 3.31. The van der Waals surface area contributed by atoms with Crippen molar-refractivity contribution in [2.45, 2.75) is 20.8 Å². The number of nitrogens with zero attached hydrogens (tertiary/aromatic N) is 1. The van der Waals surface area contributed by atoms with Crippen LogP contribution in [-0.2, 0) is 9.59 Å². The quantitative estimate of drug-likeness (QED) is 0.835. The van der Waals surface area contributed by atoms with Gasteiger partial charge in [0, 0.05) is 12.2 Å². The van der Waals surface area contributed by atoms with Crippen LogP contribution in [0.2, 0.25) is 0 Å². The van der Waals surface area contributed by atoms with Crippen LogP contribution in [0.15, 0.2) is 42.5 Å². The third-order valence-electron chi connectivity index (χ3n) is 4.52. The number of carbonyl (C=O) groups excluding carboxylic acids is 3. The first kappa shape index (κ1) is 17.7. The molecule has 6 heteroatoms. The molecule has 4 amide bonds. The van der Waals surface area contributed by atoms with E-state index in [-0.39, 0.29) is 6.54 Å². The predicted octanol–water partition coefficient (Wildman–Crippen LogP) is 2.92. The van der Waals surface area contributed by atoms with E-state index in [9.17, 15) is 14.4 Å². The van der Waals surface area contributed by atoms with Crippen LogP contribution in [0, 0.1) is 26.7 Å². The van der Waals surface area contributed by atoms with Crippen molar-refractivity contribution in [2.75, 3.05) is 16.8 Å². The fourth-order valence-electron chi connectivity index (χ4n) is 2.98. The molecule has 1 atom stereocenters. The first-order valence-corrected chi connectivity index (χ1v) is 8.44. The number of imide groups is 1. The molecule has 6 nitrogen and oxygen atoms in total. The van der Waals surface area contributed by atoms with Crippen LogP contribution in [0.1, 0.15) is 16.7 Å². The topological polar surface area (TPSA) is 78.5 Å². The first-order valence-electron chi connectivity index (χ1n) is 8.44. The van der Waals surface area contributed by atoms with E-state index in [0.717, 1.165) is 21.6 Å². The highest BCUT2D eigenvalue weighted by Crippen LogP contribution is 2.24. The molecule has 1 aliphatic heterocycles. The van der Waals surface area contributed by atoms with Crippen molar-refractivity contribution < 1.29 is 14.4 Å². The van der Waals surface area contributed by atoms with Crippen molar-refractivity contribution in [3.05, 3.63) is 59.2 Å². The molecular formula is C20H21N3O3. The van der Waals surface area contributed by atoms with Crippen LogP contribution < -0.4 is 15.5 Å². The predicted molar refractivity (Wildman–Crippen MR) is 100 cm³/mol. The van der Waals surface area contributed by atoms with E-state index >= 15 is 0 Å². The van der Waals surface area contributed by atoms with Gasteiger partial charge in [-0.3, -0.25) is 9.59 Å². The van der Waals surface area contributed by atoms with E-state index in [1.165, 1.54) is 0 Å². The molecule has 0 aromatic heterocycles. The summed E-state index contributed by atoms with van der Waals surface area (Å²) in [5, 5.41) is 5.46. The van der Waals surface area contributed by atoms with Gasteiger partial charge in [0.2, 0.25) is 11.8 Å². The molecule has 1 heterocycles. The minimum Gasteiger partial charge on any atom is -0.336 e. The molecule has 0 aliphatic carbocycles. The Hall–Kier alpha value is -3.15. The van der Waals surface area contributed by atoms with Crippen molar-refractivity contribution in [3.8, 4) is 0 Å². The number of rotatable bonds is 3. The van der Waals surface area contributed by atoms with Crippen LogP contribution in [-0.4, -0.2) is 24.4 Å². The summed E-state index contributed by atoms with van der Waals surface area (Å²) < 4.78 is 0. The molecule has 2 aromatic rings. The molecular weight excluding hydrogens is 330 g/mol. The fourth-order valence-corrected chi connectivity index (χ4v) is 2.98. The number of urea groups is 1. The van der Waals surface area contributed by atoms with E-state index in [1.54, 1.807) is 12.1 Å². The number of hydrogen-bond acceptors (Lipinski definition) is 3. The number of para-hydroxylation sites is 1. The van der Waals surface area contributed by atoms with Crippen molar-refractivity contribution in [2.24, 2.45) is 5.92 Å². The van der Waals surface area contributed by atoms with Crippen LogP contribution in [0.3, 0.4) is 0 Å². The highest BCUT2D eigenvalue weighted by atomic mass is 16.2. The van der Waals surface area contributed by atoms with Gasteiger partial charge in [0.1, 0.15) is 5.92 Å². The Morgan fingerprint density at radius 1 is 1.04 bits per heavy atom. The van der Waals surface area contributed by atoms with Crippen molar-refractivity contribution in [1.29, 1.82) is 0 Å². The normalized spacial score (nSPS) is 17.0. The summed E-state index contributed by atoms with van der Waals surface area (Å²) in [7, 11) is 0. The second-order valence-electron chi connectivity index (χ2n) is 6.50. The second-order valence-corrected chi connectivity index (χ2v) is 6.50. The molecule has 0 spiro atoms. The average molecular weight is 351 g/mol. The number of aryl methyl sites for hydroxylation is 3. The second kappa shape index (κ2) is 7.00. The zero-order chi connectivity index (χ0) is 18.8. The lowest BCUT2D eigenvalue weighted by molar-refractivity contribution is -0.130. The summed E-state index contributed by atoms with van der Waals surface area (Å²) >= 11 is 0. The van der Waals surface area contributed by atoms with Crippen LogP contribution in [0.25, 0.3) is 0 Å². The Labute approximate surface area is 152 Å². The number of benzene rings is 2. The Kier molecular flexibility index (Phi) is 4.75. The standard InChI is InChI=1S/C20H21N3O3/c1-12-7-9-15(10-8-12)23-19(25)16(11-21-20(23)26)18(24)22-17-13(2)5-4-6-14(17)3/h4-10,16H,11H2,1-3H3,(H,21,26)(H,22,24). The van der Waals surface area contributed by atoms with Crippen LogP contribution in [0.4, 0.5) is 16.2 Å². The summed E-state index contributed by atoms with van der Waals surface area (Å²) in [4.78, 5) is 38.7. The van der Waals surface area contributed by atoms with Crippen molar-refractivity contribution in [1.82, 2.24) is 5.32 Å². The Bertz CT molecular complexity index is 854. The van der Waals surface area contributed by atoms with Crippen molar-refractivity contribution >= 4 is 29.2 Å². The largest absolute Gasteiger partial charge is 0.336 e. The SMILES string of the molecule is Cc1ccc(N2C(=O)NCC(C(=O)Nc3c(C)cccc3C)C2=O)cc1. The molecule has 0 saturated carbocycles. The molecule has 26 heavy (non-hydrogen) atoms. The van der Waals surface area contributed by atoms with Gasteiger partial charge in [-0.05, 0) is 44.0 Å². The minimum absolute atomic E-state index is 0.0171. The lowest BCUT2D eigenvalue weighted by Gasteiger charge is -2.31. The van der Waals surface area contributed by atoms with Gasteiger partial charge in [0.15, 0.2) is 0 Å². The lowest BCUT2D eigenvalue weighted by Crippen LogP contribution is -2.58. The summed E-state index contributed by atoms with van der Waals surface area (Å²) in [6.45, 7) is 5.69. The van der Waals surface area contributed by atoms with Crippen LogP contribution in [0.5, 0.6) is 0 Å². The zero-order valence-corrected chi connectivity index (χ0v) is 15.0. The van der Waals surface area contributed by atoms with Gasteiger partial charge in [0.05, 0.1) is 5.69 Å². The Morgan fingerprint density at radius 2 is 1.65 bits per heavy atom. The molecule has 1 saturated heterocycles. The molecule has 1 fully saturated rings. The maximum Gasteiger partial charge on any atom is 0.328 e. The number of nitrogens with one attached hydrogen (secondary N) is 2. The van der Waals surface area contributed by atoms with Crippen molar-refractivity contribution in [3.63, 3.8) is 0 Å². The minimum atomic E-state index is -0.979. The highest BCUT2D eigenvalue weighted by Gasteiger charge is 2.39. The first-order chi connectivity index (χ1) is 12.4. The zero-order valence-electron chi connectivity index (χ0n) is 15.0. The maximum atomic E-state index is 12.8.